The molecule has 0 saturated carbocycles. The Labute approximate surface area is 119 Å². The maximum atomic E-state index is 11.4. The number of hydrogen-bond donors (Lipinski definition) is 1. The molecule has 0 aliphatic heterocycles. The molecule has 0 radical (unpaired) electrons. The van der Waals surface area contributed by atoms with E-state index in [0.29, 0.717) is 11.1 Å². The highest BCUT2D eigenvalue weighted by molar-refractivity contribution is 5.89. The van der Waals surface area contributed by atoms with Gasteiger partial charge in [0.15, 0.2) is 0 Å². The number of nitrogens with one attached hydrogen (secondary N) is 1. The average Bonchev–Trinajstić information content (AvgIpc) is 2.44. The van der Waals surface area contributed by atoms with Crippen molar-refractivity contribution >= 4 is 11.9 Å². The Hall–Kier alpha value is -2.14. The molecule has 5 heteroatoms. The summed E-state index contributed by atoms with van der Waals surface area (Å²) in [5, 5.41) is 2.75. The maximum absolute atomic E-state index is 11.4. The lowest BCUT2D eigenvalue weighted by Gasteiger charge is -2.05. The molecule has 0 amide bonds. The van der Waals surface area contributed by atoms with Gasteiger partial charge in [0.1, 0.15) is 13.2 Å². The van der Waals surface area contributed by atoms with Gasteiger partial charge in [0.2, 0.25) is 0 Å². The number of rotatable bonds is 5. The van der Waals surface area contributed by atoms with Gasteiger partial charge in [-0.05, 0) is 33.2 Å². The van der Waals surface area contributed by atoms with Gasteiger partial charge >= 0.3 is 11.9 Å². The molecule has 0 saturated heterocycles. The first-order valence-corrected chi connectivity index (χ1v) is 6.16. The minimum Gasteiger partial charge on any atom is -0.459 e. The second-order valence-corrected chi connectivity index (χ2v) is 3.92. The van der Waals surface area contributed by atoms with Crippen LogP contribution in [0.1, 0.15) is 17.3 Å². The Kier molecular flexibility index (Phi) is 9.60. The first-order chi connectivity index (χ1) is 9.52. The SMILES string of the molecule is C=C(C)C(=O)OCCOC(=O)c1ccccc1.CNC. The summed E-state index contributed by atoms with van der Waals surface area (Å²) in [6.07, 6.45) is 0. The summed E-state index contributed by atoms with van der Waals surface area (Å²) in [4.78, 5) is 22.4. The van der Waals surface area contributed by atoms with Crippen LogP contribution in [0.2, 0.25) is 0 Å². The van der Waals surface area contributed by atoms with Crippen LogP contribution in [0.4, 0.5) is 0 Å². The van der Waals surface area contributed by atoms with E-state index in [9.17, 15) is 9.59 Å². The largest absolute Gasteiger partial charge is 0.459 e. The van der Waals surface area contributed by atoms with E-state index in [2.05, 4.69) is 11.9 Å². The first kappa shape index (κ1) is 17.9. The van der Waals surface area contributed by atoms with Crippen molar-refractivity contribution in [2.45, 2.75) is 6.92 Å². The van der Waals surface area contributed by atoms with Crippen LogP contribution in [-0.4, -0.2) is 39.2 Å². The third-order valence-corrected chi connectivity index (χ3v) is 1.91. The van der Waals surface area contributed by atoms with Gasteiger partial charge in [0.05, 0.1) is 5.56 Å². The van der Waals surface area contributed by atoms with E-state index in [0.717, 1.165) is 0 Å². The predicted octanol–water partition coefficient (Wildman–Crippen LogP) is 1.80. The molecule has 0 spiro atoms. The average molecular weight is 279 g/mol. The Morgan fingerprint density at radius 2 is 1.60 bits per heavy atom. The highest BCUT2D eigenvalue weighted by Gasteiger charge is 2.07. The molecule has 0 unspecified atom stereocenters. The minimum absolute atomic E-state index is 0.0320. The molecule has 0 aliphatic rings. The van der Waals surface area contributed by atoms with Gasteiger partial charge in [-0.3, -0.25) is 0 Å². The Morgan fingerprint density at radius 1 is 1.10 bits per heavy atom. The van der Waals surface area contributed by atoms with E-state index in [4.69, 9.17) is 9.47 Å². The van der Waals surface area contributed by atoms with Crippen LogP contribution in [0.25, 0.3) is 0 Å². The fraction of sp³-hybridized carbons (Fsp3) is 0.333. The van der Waals surface area contributed by atoms with E-state index in [1.54, 1.807) is 31.2 Å². The molecular weight excluding hydrogens is 258 g/mol. The quantitative estimate of drug-likeness (QED) is 0.506. The molecule has 5 nitrogen and oxygen atoms in total. The van der Waals surface area contributed by atoms with Crippen LogP contribution in [0, 0.1) is 0 Å². The number of esters is 2. The molecule has 1 aromatic carbocycles. The molecule has 1 N–H and O–H groups in total. The van der Waals surface area contributed by atoms with Crippen molar-refractivity contribution in [1.82, 2.24) is 5.32 Å². The Balaban J connectivity index is 0.00000110. The zero-order chi connectivity index (χ0) is 15.4. The summed E-state index contributed by atoms with van der Waals surface area (Å²) in [5.41, 5.74) is 0.790. The van der Waals surface area contributed by atoms with Crippen LogP contribution < -0.4 is 5.32 Å². The predicted molar refractivity (Wildman–Crippen MR) is 77.5 cm³/mol. The smallest absolute Gasteiger partial charge is 0.338 e. The lowest BCUT2D eigenvalue weighted by molar-refractivity contribution is -0.140. The minimum atomic E-state index is -0.485. The molecule has 0 atom stereocenters. The highest BCUT2D eigenvalue weighted by Crippen LogP contribution is 2.01. The summed E-state index contributed by atoms with van der Waals surface area (Å²) >= 11 is 0. The van der Waals surface area contributed by atoms with Crippen molar-refractivity contribution in [2.75, 3.05) is 27.3 Å². The van der Waals surface area contributed by atoms with Gasteiger partial charge in [-0.2, -0.15) is 0 Å². The second-order valence-electron chi connectivity index (χ2n) is 3.92. The Bertz CT molecular complexity index is 429. The van der Waals surface area contributed by atoms with E-state index in [-0.39, 0.29) is 13.2 Å². The van der Waals surface area contributed by atoms with Crippen LogP contribution in [-0.2, 0) is 14.3 Å². The van der Waals surface area contributed by atoms with E-state index < -0.39 is 11.9 Å². The standard InChI is InChI=1S/C13H14O4.C2H7N/c1-10(2)12(14)16-8-9-17-13(15)11-6-4-3-5-7-11;1-3-2/h3-7H,1,8-9H2,2H3;3H,1-2H3. The van der Waals surface area contributed by atoms with Crippen LogP contribution in [0.5, 0.6) is 0 Å². The Morgan fingerprint density at radius 3 is 2.10 bits per heavy atom. The van der Waals surface area contributed by atoms with E-state index in [1.807, 2.05) is 20.2 Å². The van der Waals surface area contributed by atoms with Crippen LogP contribution in [0.15, 0.2) is 42.5 Å². The topological polar surface area (TPSA) is 64.6 Å². The zero-order valence-electron chi connectivity index (χ0n) is 12.1. The number of carbonyl (C=O) groups excluding carboxylic acids is 2. The van der Waals surface area contributed by atoms with Crippen molar-refractivity contribution in [3.8, 4) is 0 Å². The lowest BCUT2D eigenvalue weighted by Crippen LogP contribution is -2.14. The molecule has 0 aromatic heterocycles. The number of ether oxygens (including phenoxy) is 2. The lowest BCUT2D eigenvalue weighted by atomic mass is 10.2. The molecule has 0 fully saturated rings. The fourth-order valence-electron chi connectivity index (χ4n) is 1.05. The van der Waals surface area contributed by atoms with Gasteiger partial charge in [0, 0.05) is 5.57 Å². The molecule has 0 heterocycles. The monoisotopic (exact) mass is 279 g/mol. The maximum Gasteiger partial charge on any atom is 0.338 e. The summed E-state index contributed by atoms with van der Waals surface area (Å²) in [6.45, 7) is 5.05. The van der Waals surface area contributed by atoms with Crippen molar-refractivity contribution in [1.29, 1.82) is 0 Å². The molecule has 20 heavy (non-hydrogen) atoms. The van der Waals surface area contributed by atoms with Gasteiger partial charge in [-0.25, -0.2) is 9.59 Å². The third kappa shape index (κ3) is 8.05. The molecule has 110 valence electrons. The van der Waals surface area contributed by atoms with Crippen molar-refractivity contribution in [3.63, 3.8) is 0 Å². The van der Waals surface area contributed by atoms with Crippen molar-refractivity contribution < 1.29 is 19.1 Å². The van der Waals surface area contributed by atoms with Gasteiger partial charge in [0.25, 0.3) is 0 Å². The number of carbonyl (C=O) groups is 2. The normalized spacial score (nSPS) is 8.95. The third-order valence-electron chi connectivity index (χ3n) is 1.91. The van der Waals surface area contributed by atoms with E-state index in [1.165, 1.54) is 0 Å². The second kappa shape index (κ2) is 10.8. The van der Waals surface area contributed by atoms with Gasteiger partial charge in [-0.1, -0.05) is 24.8 Å². The van der Waals surface area contributed by atoms with Crippen LogP contribution in [0.3, 0.4) is 0 Å². The number of hydrogen-bond acceptors (Lipinski definition) is 5. The summed E-state index contributed by atoms with van der Waals surface area (Å²) in [7, 11) is 3.75. The van der Waals surface area contributed by atoms with E-state index >= 15 is 0 Å². The van der Waals surface area contributed by atoms with Crippen LogP contribution >= 0.6 is 0 Å². The summed E-state index contributed by atoms with van der Waals surface area (Å²) < 4.78 is 9.69. The molecule has 0 aliphatic carbocycles. The molecule has 1 rings (SSSR count). The highest BCUT2D eigenvalue weighted by atomic mass is 16.6. The first-order valence-electron chi connectivity index (χ1n) is 6.16. The van der Waals surface area contributed by atoms with Crippen molar-refractivity contribution in [3.05, 3.63) is 48.0 Å². The van der Waals surface area contributed by atoms with Gasteiger partial charge in [-0.15, -0.1) is 0 Å². The van der Waals surface area contributed by atoms with Gasteiger partial charge < -0.3 is 14.8 Å². The summed E-state index contributed by atoms with van der Waals surface area (Å²) in [6, 6.07) is 8.62. The number of benzene rings is 1. The molecule has 1 aromatic rings. The fourth-order valence-corrected chi connectivity index (χ4v) is 1.05. The zero-order valence-corrected chi connectivity index (χ0v) is 12.1. The molecular formula is C15H21NO4. The summed E-state index contributed by atoms with van der Waals surface area (Å²) in [5.74, 6) is -0.919. The van der Waals surface area contributed by atoms with Crippen molar-refractivity contribution in [2.24, 2.45) is 0 Å². The molecule has 0 bridgehead atoms.